The molecule has 3 unspecified atom stereocenters. The van der Waals surface area contributed by atoms with Gasteiger partial charge in [-0.3, -0.25) is 9.59 Å². The number of hydrogen-bond donors (Lipinski definition) is 0. The monoisotopic (exact) mass is 313 g/mol. The standard InChI is InChI=1S/C16H26O6/c1-5-6-7-8-12(15(19)21-3)10-13(16(20)22-4)9-11(2)14(17)18/h5,11-13H,1,6-10H2,2-4H3,(H,17,18)/p-1. The Hall–Kier alpha value is -1.85. The number of allylic oxidation sites excluding steroid dienone is 1. The van der Waals surface area contributed by atoms with Crippen molar-refractivity contribution < 1.29 is 29.0 Å². The lowest BCUT2D eigenvalue weighted by Gasteiger charge is -2.23. The van der Waals surface area contributed by atoms with Crippen molar-refractivity contribution in [2.45, 2.75) is 39.0 Å². The molecule has 0 bridgehead atoms. The minimum atomic E-state index is -1.23. The molecule has 0 fully saturated rings. The molecule has 6 heteroatoms. The van der Waals surface area contributed by atoms with Crippen molar-refractivity contribution >= 4 is 17.9 Å². The topological polar surface area (TPSA) is 92.7 Å². The van der Waals surface area contributed by atoms with E-state index in [1.807, 2.05) is 0 Å². The van der Waals surface area contributed by atoms with Crippen molar-refractivity contribution in [2.24, 2.45) is 17.8 Å². The van der Waals surface area contributed by atoms with Gasteiger partial charge in [0.05, 0.1) is 26.1 Å². The van der Waals surface area contributed by atoms with E-state index in [4.69, 9.17) is 9.47 Å². The van der Waals surface area contributed by atoms with E-state index in [-0.39, 0.29) is 12.8 Å². The third-order valence-electron chi connectivity index (χ3n) is 3.64. The SMILES string of the molecule is C=CCCCC(CC(CC(C)C(=O)[O-])C(=O)OC)C(=O)OC. The summed E-state index contributed by atoms with van der Waals surface area (Å²) in [5.74, 6) is -4.09. The maximum atomic E-state index is 11.8. The average molecular weight is 313 g/mol. The molecule has 0 radical (unpaired) electrons. The normalized spacial score (nSPS) is 14.5. The van der Waals surface area contributed by atoms with Crippen molar-refractivity contribution in [3.63, 3.8) is 0 Å². The summed E-state index contributed by atoms with van der Waals surface area (Å²) in [4.78, 5) is 34.6. The molecule has 0 saturated heterocycles. The van der Waals surface area contributed by atoms with Gasteiger partial charge in [-0.1, -0.05) is 13.0 Å². The van der Waals surface area contributed by atoms with Crippen LogP contribution >= 0.6 is 0 Å². The summed E-state index contributed by atoms with van der Waals surface area (Å²) < 4.78 is 9.48. The molecule has 0 saturated carbocycles. The lowest BCUT2D eigenvalue weighted by atomic mass is 9.85. The summed E-state index contributed by atoms with van der Waals surface area (Å²) in [5, 5.41) is 10.9. The van der Waals surface area contributed by atoms with Crippen LogP contribution in [0.3, 0.4) is 0 Å². The Balaban J connectivity index is 4.92. The number of hydrogen-bond acceptors (Lipinski definition) is 6. The highest BCUT2D eigenvalue weighted by molar-refractivity contribution is 5.76. The van der Waals surface area contributed by atoms with Gasteiger partial charge in [-0.05, 0) is 38.0 Å². The molecule has 0 aromatic rings. The van der Waals surface area contributed by atoms with Crippen molar-refractivity contribution in [3.8, 4) is 0 Å². The molecule has 0 heterocycles. The number of unbranched alkanes of at least 4 members (excludes halogenated alkanes) is 1. The van der Waals surface area contributed by atoms with Gasteiger partial charge in [-0.15, -0.1) is 6.58 Å². The number of esters is 2. The van der Waals surface area contributed by atoms with E-state index in [2.05, 4.69) is 6.58 Å². The second-order valence-electron chi connectivity index (χ2n) is 5.35. The number of methoxy groups -OCH3 is 2. The number of carboxylic acid groups (broad SMARTS) is 1. The van der Waals surface area contributed by atoms with Crippen LogP contribution in [-0.4, -0.2) is 32.1 Å². The smallest absolute Gasteiger partial charge is 0.308 e. The number of aliphatic carboxylic acids is 1. The maximum absolute atomic E-state index is 11.8. The zero-order valence-electron chi connectivity index (χ0n) is 13.5. The summed E-state index contributed by atoms with van der Waals surface area (Å²) in [7, 11) is 2.53. The summed E-state index contributed by atoms with van der Waals surface area (Å²) in [6.07, 6.45) is 4.08. The van der Waals surface area contributed by atoms with Gasteiger partial charge in [0.15, 0.2) is 0 Å². The third-order valence-corrected chi connectivity index (χ3v) is 3.64. The molecule has 6 nitrogen and oxygen atoms in total. The van der Waals surface area contributed by atoms with Gasteiger partial charge in [-0.25, -0.2) is 0 Å². The fourth-order valence-electron chi connectivity index (χ4n) is 2.33. The first-order valence-electron chi connectivity index (χ1n) is 7.34. The average Bonchev–Trinajstić information content (AvgIpc) is 2.51. The number of carbonyl (C=O) groups is 3. The summed E-state index contributed by atoms with van der Waals surface area (Å²) in [6.45, 7) is 5.09. The summed E-state index contributed by atoms with van der Waals surface area (Å²) >= 11 is 0. The number of carboxylic acids is 1. The molecule has 22 heavy (non-hydrogen) atoms. The fraction of sp³-hybridized carbons (Fsp3) is 0.688. The first-order valence-corrected chi connectivity index (χ1v) is 7.34. The van der Waals surface area contributed by atoms with Gasteiger partial charge in [0.1, 0.15) is 0 Å². The van der Waals surface area contributed by atoms with Gasteiger partial charge in [-0.2, -0.15) is 0 Å². The Morgan fingerprint density at radius 1 is 1.09 bits per heavy atom. The van der Waals surface area contributed by atoms with Gasteiger partial charge in [0.25, 0.3) is 0 Å². The van der Waals surface area contributed by atoms with E-state index in [0.29, 0.717) is 6.42 Å². The van der Waals surface area contributed by atoms with Crippen LogP contribution in [0.1, 0.15) is 39.0 Å². The molecule has 0 aliphatic rings. The van der Waals surface area contributed by atoms with Crippen LogP contribution in [0.2, 0.25) is 0 Å². The van der Waals surface area contributed by atoms with Crippen LogP contribution in [0.15, 0.2) is 12.7 Å². The van der Waals surface area contributed by atoms with E-state index >= 15 is 0 Å². The van der Waals surface area contributed by atoms with Gasteiger partial charge in [0, 0.05) is 5.97 Å². The predicted octanol–water partition coefficient (Wildman–Crippen LogP) is 1.09. The van der Waals surface area contributed by atoms with E-state index in [9.17, 15) is 19.5 Å². The second-order valence-corrected chi connectivity index (χ2v) is 5.35. The summed E-state index contributed by atoms with van der Waals surface area (Å²) in [5.41, 5.74) is 0. The molecule has 0 aliphatic carbocycles. The zero-order valence-corrected chi connectivity index (χ0v) is 13.5. The van der Waals surface area contributed by atoms with Crippen LogP contribution in [0, 0.1) is 17.8 Å². The van der Waals surface area contributed by atoms with Gasteiger partial charge < -0.3 is 19.4 Å². The molecule has 0 aromatic heterocycles. The lowest BCUT2D eigenvalue weighted by molar-refractivity contribution is -0.311. The molecule has 0 spiro atoms. The molecule has 0 rings (SSSR count). The highest BCUT2D eigenvalue weighted by Gasteiger charge is 2.29. The minimum Gasteiger partial charge on any atom is -0.550 e. The number of rotatable bonds is 11. The Kier molecular flexibility index (Phi) is 9.91. The number of carbonyl (C=O) groups excluding carboxylic acids is 3. The van der Waals surface area contributed by atoms with Gasteiger partial charge >= 0.3 is 11.9 Å². The van der Waals surface area contributed by atoms with E-state index in [1.165, 1.54) is 21.1 Å². The first kappa shape index (κ1) is 20.1. The van der Waals surface area contributed by atoms with Crippen LogP contribution < -0.4 is 5.11 Å². The van der Waals surface area contributed by atoms with Crippen molar-refractivity contribution in [3.05, 3.63) is 12.7 Å². The lowest BCUT2D eigenvalue weighted by Crippen LogP contribution is -2.33. The quantitative estimate of drug-likeness (QED) is 0.322. The molecular formula is C16H25O6-. The second kappa shape index (κ2) is 10.8. The Bertz CT molecular complexity index is 390. The van der Waals surface area contributed by atoms with Crippen LogP contribution in [0.4, 0.5) is 0 Å². The Labute approximate surface area is 131 Å². The largest absolute Gasteiger partial charge is 0.550 e. The zero-order chi connectivity index (χ0) is 17.1. The Morgan fingerprint density at radius 2 is 1.64 bits per heavy atom. The third kappa shape index (κ3) is 7.24. The fourth-order valence-corrected chi connectivity index (χ4v) is 2.33. The van der Waals surface area contributed by atoms with Crippen LogP contribution in [0.25, 0.3) is 0 Å². The van der Waals surface area contributed by atoms with Crippen molar-refractivity contribution in [2.75, 3.05) is 14.2 Å². The summed E-state index contributed by atoms with van der Waals surface area (Å²) in [6, 6.07) is 0. The molecule has 126 valence electrons. The minimum absolute atomic E-state index is 0.0734. The van der Waals surface area contributed by atoms with E-state index in [1.54, 1.807) is 6.08 Å². The van der Waals surface area contributed by atoms with Crippen LogP contribution in [0.5, 0.6) is 0 Å². The van der Waals surface area contributed by atoms with E-state index < -0.39 is 35.7 Å². The highest BCUT2D eigenvalue weighted by atomic mass is 16.5. The molecule has 3 atom stereocenters. The van der Waals surface area contributed by atoms with E-state index in [0.717, 1.165) is 12.8 Å². The van der Waals surface area contributed by atoms with Crippen molar-refractivity contribution in [1.82, 2.24) is 0 Å². The molecule has 0 N–H and O–H groups in total. The molecule has 0 aromatic carbocycles. The predicted molar refractivity (Wildman–Crippen MR) is 78.5 cm³/mol. The highest BCUT2D eigenvalue weighted by Crippen LogP contribution is 2.26. The van der Waals surface area contributed by atoms with Crippen LogP contribution in [-0.2, 0) is 23.9 Å². The maximum Gasteiger partial charge on any atom is 0.308 e. The Morgan fingerprint density at radius 3 is 2.09 bits per heavy atom. The molecule has 0 amide bonds. The van der Waals surface area contributed by atoms with Gasteiger partial charge in [0.2, 0.25) is 0 Å². The number of ether oxygens (including phenoxy) is 2. The molecular weight excluding hydrogens is 288 g/mol. The van der Waals surface area contributed by atoms with Crippen molar-refractivity contribution in [1.29, 1.82) is 0 Å². The molecule has 0 aliphatic heterocycles. The first-order chi connectivity index (χ1) is 10.4.